The van der Waals surface area contributed by atoms with E-state index in [9.17, 15) is 9.59 Å². The Morgan fingerprint density at radius 2 is 2.21 bits per heavy atom. The number of hydrogen-bond donors (Lipinski definition) is 1. The van der Waals surface area contributed by atoms with Gasteiger partial charge in [-0.15, -0.1) is 0 Å². The number of aliphatic carboxylic acids is 1. The predicted molar refractivity (Wildman–Crippen MR) is 70.9 cm³/mol. The normalized spacial score (nSPS) is 14.9. The second-order valence-corrected chi connectivity index (χ2v) is 4.35. The number of anilines is 2. The van der Waals surface area contributed by atoms with Gasteiger partial charge in [-0.3, -0.25) is 9.59 Å². The Morgan fingerprint density at radius 1 is 1.47 bits per heavy atom. The van der Waals surface area contributed by atoms with Crippen LogP contribution in [0.1, 0.15) is 6.42 Å². The summed E-state index contributed by atoms with van der Waals surface area (Å²) in [7, 11) is 3.20. The lowest BCUT2D eigenvalue weighted by atomic mass is 10.2. The first kappa shape index (κ1) is 13.2. The van der Waals surface area contributed by atoms with Crippen molar-refractivity contribution in [3.8, 4) is 5.75 Å². The molecule has 102 valence electrons. The Hall–Kier alpha value is -2.24. The van der Waals surface area contributed by atoms with Gasteiger partial charge in [0, 0.05) is 20.0 Å². The van der Waals surface area contributed by atoms with Crippen LogP contribution in [0.5, 0.6) is 5.75 Å². The number of ether oxygens (including phenoxy) is 1. The number of benzene rings is 1. The number of amides is 1. The summed E-state index contributed by atoms with van der Waals surface area (Å²) in [4.78, 5) is 26.1. The molecule has 0 saturated heterocycles. The summed E-state index contributed by atoms with van der Waals surface area (Å²) >= 11 is 0. The Bertz CT molecular complexity index is 515. The predicted octanol–water partition coefficient (Wildman–Crippen LogP) is 0.953. The average Bonchev–Trinajstić information content (AvgIpc) is 2.50. The minimum Gasteiger partial charge on any atom is -0.494 e. The topological polar surface area (TPSA) is 70.1 Å². The number of carboxylic acid groups (broad SMARTS) is 1. The number of carboxylic acids is 1. The molecule has 1 aromatic rings. The fourth-order valence-electron chi connectivity index (χ4n) is 2.24. The van der Waals surface area contributed by atoms with E-state index in [0.29, 0.717) is 23.7 Å². The molecule has 1 aliphatic rings. The monoisotopic (exact) mass is 264 g/mol. The highest BCUT2D eigenvalue weighted by molar-refractivity contribution is 6.00. The molecule has 1 amide bonds. The van der Waals surface area contributed by atoms with Crippen LogP contribution in [0.25, 0.3) is 0 Å². The molecule has 1 heterocycles. The van der Waals surface area contributed by atoms with Crippen molar-refractivity contribution in [2.75, 3.05) is 37.0 Å². The maximum absolute atomic E-state index is 12.0. The summed E-state index contributed by atoms with van der Waals surface area (Å²) in [6.07, 6.45) is 0.279. The maximum Gasteiger partial charge on any atom is 0.323 e. The molecule has 0 unspecified atom stereocenters. The van der Waals surface area contributed by atoms with Gasteiger partial charge in [0.15, 0.2) is 0 Å². The van der Waals surface area contributed by atoms with Crippen LogP contribution in [0.4, 0.5) is 11.4 Å². The second-order valence-electron chi connectivity index (χ2n) is 4.35. The lowest BCUT2D eigenvalue weighted by Gasteiger charge is -2.25. The molecule has 0 radical (unpaired) electrons. The van der Waals surface area contributed by atoms with Crippen molar-refractivity contribution >= 4 is 23.3 Å². The van der Waals surface area contributed by atoms with E-state index in [1.807, 2.05) is 0 Å². The van der Waals surface area contributed by atoms with Gasteiger partial charge < -0.3 is 19.6 Å². The lowest BCUT2D eigenvalue weighted by Crippen LogP contribution is -2.30. The third-order valence-corrected chi connectivity index (χ3v) is 3.17. The Morgan fingerprint density at radius 3 is 2.84 bits per heavy atom. The number of carbonyl (C=O) groups excluding carboxylic acids is 1. The molecule has 0 fully saturated rings. The van der Waals surface area contributed by atoms with E-state index < -0.39 is 5.97 Å². The summed E-state index contributed by atoms with van der Waals surface area (Å²) in [5, 5.41) is 8.97. The molecule has 1 N–H and O–H groups in total. The molecule has 6 heteroatoms. The van der Waals surface area contributed by atoms with E-state index in [4.69, 9.17) is 9.84 Å². The molecule has 0 atom stereocenters. The smallest absolute Gasteiger partial charge is 0.323 e. The van der Waals surface area contributed by atoms with E-state index in [1.54, 1.807) is 30.1 Å². The Labute approximate surface area is 111 Å². The van der Waals surface area contributed by atoms with Crippen LogP contribution in [0.3, 0.4) is 0 Å². The zero-order chi connectivity index (χ0) is 14.0. The van der Waals surface area contributed by atoms with Crippen LogP contribution < -0.4 is 14.5 Å². The van der Waals surface area contributed by atoms with Gasteiger partial charge in [-0.25, -0.2) is 0 Å². The van der Waals surface area contributed by atoms with Gasteiger partial charge in [0.2, 0.25) is 5.91 Å². The van der Waals surface area contributed by atoms with E-state index >= 15 is 0 Å². The highest BCUT2D eigenvalue weighted by Gasteiger charge is 2.27. The molecular weight excluding hydrogens is 248 g/mol. The highest BCUT2D eigenvalue weighted by Crippen LogP contribution is 2.39. The van der Waals surface area contributed by atoms with Gasteiger partial charge in [0.1, 0.15) is 18.0 Å². The molecule has 0 bridgehead atoms. The molecule has 1 aromatic carbocycles. The number of nitrogens with zero attached hydrogens (tertiary/aromatic N) is 2. The zero-order valence-corrected chi connectivity index (χ0v) is 10.9. The number of fused-ring (bicyclic) bond motifs is 1. The van der Waals surface area contributed by atoms with Crippen molar-refractivity contribution in [1.29, 1.82) is 0 Å². The fourth-order valence-corrected chi connectivity index (χ4v) is 2.24. The SMILES string of the molecule is COc1cccc2c1N(C)C(=O)CCN2CC(=O)O. The van der Waals surface area contributed by atoms with Crippen LogP contribution in [0.15, 0.2) is 18.2 Å². The number of rotatable bonds is 3. The first-order valence-corrected chi connectivity index (χ1v) is 5.95. The van der Waals surface area contributed by atoms with Crippen LogP contribution in [-0.4, -0.2) is 44.2 Å². The molecule has 19 heavy (non-hydrogen) atoms. The van der Waals surface area contributed by atoms with Crippen LogP contribution in [0, 0.1) is 0 Å². The van der Waals surface area contributed by atoms with Crippen molar-refractivity contribution < 1.29 is 19.4 Å². The third kappa shape index (κ3) is 2.47. The summed E-state index contributed by atoms with van der Waals surface area (Å²) in [6, 6.07) is 5.35. The number of carbonyl (C=O) groups is 2. The summed E-state index contributed by atoms with van der Waals surface area (Å²) < 4.78 is 5.27. The summed E-state index contributed by atoms with van der Waals surface area (Å²) in [5.74, 6) is -0.421. The average molecular weight is 264 g/mol. The first-order valence-electron chi connectivity index (χ1n) is 5.95. The molecule has 0 spiro atoms. The van der Waals surface area contributed by atoms with Gasteiger partial charge in [0.05, 0.1) is 12.8 Å². The summed E-state index contributed by atoms with van der Waals surface area (Å²) in [6.45, 7) is 0.247. The van der Waals surface area contributed by atoms with E-state index in [0.717, 1.165) is 0 Å². The Balaban J connectivity index is 2.53. The minimum absolute atomic E-state index is 0.0568. The van der Waals surface area contributed by atoms with Crippen molar-refractivity contribution in [3.63, 3.8) is 0 Å². The van der Waals surface area contributed by atoms with E-state index in [2.05, 4.69) is 0 Å². The summed E-state index contributed by atoms with van der Waals surface area (Å²) in [5.41, 5.74) is 1.32. The minimum atomic E-state index is -0.925. The largest absolute Gasteiger partial charge is 0.494 e. The van der Waals surface area contributed by atoms with Crippen LogP contribution in [-0.2, 0) is 9.59 Å². The van der Waals surface area contributed by atoms with Gasteiger partial charge in [-0.05, 0) is 12.1 Å². The van der Waals surface area contributed by atoms with Crippen molar-refractivity contribution in [3.05, 3.63) is 18.2 Å². The second kappa shape index (κ2) is 5.17. The highest BCUT2D eigenvalue weighted by atomic mass is 16.5. The molecular formula is C13H16N2O4. The zero-order valence-electron chi connectivity index (χ0n) is 10.9. The molecule has 2 rings (SSSR count). The molecule has 0 aliphatic carbocycles. The van der Waals surface area contributed by atoms with Gasteiger partial charge in [0.25, 0.3) is 0 Å². The maximum atomic E-state index is 12.0. The first-order chi connectivity index (χ1) is 9.04. The third-order valence-electron chi connectivity index (χ3n) is 3.17. The van der Waals surface area contributed by atoms with Crippen LogP contribution >= 0.6 is 0 Å². The standard InChI is InChI=1S/C13H16N2O4/c1-14-11(16)6-7-15(8-12(17)18)9-4-3-5-10(19-2)13(9)14/h3-5H,6-8H2,1-2H3,(H,17,18). The van der Waals surface area contributed by atoms with E-state index in [-0.39, 0.29) is 18.9 Å². The van der Waals surface area contributed by atoms with Gasteiger partial charge >= 0.3 is 5.97 Å². The number of methoxy groups -OCH3 is 1. The fraction of sp³-hybridized carbons (Fsp3) is 0.385. The Kier molecular flexibility index (Phi) is 3.59. The molecule has 0 saturated carbocycles. The van der Waals surface area contributed by atoms with Crippen molar-refractivity contribution in [2.45, 2.75) is 6.42 Å². The van der Waals surface area contributed by atoms with E-state index in [1.165, 1.54) is 12.0 Å². The van der Waals surface area contributed by atoms with Gasteiger partial charge in [-0.1, -0.05) is 6.07 Å². The van der Waals surface area contributed by atoms with Crippen molar-refractivity contribution in [1.82, 2.24) is 0 Å². The number of para-hydroxylation sites is 1. The quantitative estimate of drug-likeness (QED) is 0.880. The molecule has 1 aliphatic heterocycles. The number of hydrogen-bond acceptors (Lipinski definition) is 4. The molecule has 6 nitrogen and oxygen atoms in total. The van der Waals surface area contributed by atoms with Crippen molar-refractivity contribution in [2.24, 2.45) is 0 Å². The van der Waals surface area contributed by atoms with Gasteiger partial charge in [-0.2, -0.15) is 0 Å². The molecule has 0 aromatic heterocycles. The lowest BCUT2D eigenvalue weighted by molar-refractivity contribution is -0.135. The van der Waals surface area contributed by atoms with Crippen LogP contribution in [0.2, 0.25) is 0 Å².